The van der Waals surface area contributed by atoms with Gasteiger partial charge in [-0.1, -0.05) is 79.0 Å². The Kier molecular flexibility index (Phi) is 7.09. The van der Waals surface area contributed by atoms with E-state index >= 15 is 0 Å². The van der Waals surface area contributed by atoms with Gasteiger partial charge in [0.1, 0.15) is 0 Å². The number of carbonyl (C=O) groups excluding carboxylic acids is 1. The average molecular weight is 468 g/mol. The third kappa shape index (κ3) is 5.85. The topological polar surface area (TPSA) is 54.5 Å². The average Bonchev–Trinajstić information content (AvgIpc) is 3.63. The highest BCUT2D eigenvalue weighted by Gasteiger charge is 2.25. The Labute approximate surface area is 194 Å². The number of carbonyl (C=O) groups is 1. The highest BCUT2D eigenvalue weighted by molar-refractivity contribution is 7.89. The predicted molar refractivity (Wildman–Crippen MR) is 127 cm³/mol. The van der Waals surface area contributed by atoms with E-state index in [1.807, 2.05) is 42.5 Å². The second kappa shape index (κ2) is 9.99. The van der Waals surface area contributed by atoms with Crippen LogP contribution in [0.1, 0.15) is 47.2 Å². The number of Topliss-reactive ketones (excluding diaryl/α,β-unsaturated/α-hetero) is 1. The van der Waals surface area contributed by atoms with E-state index in [0.717, 1.165) is 23.5 Å². The number of rotatable bonds is 10. The summed E-state index contributed by atoms with van der Waals surface area (Å²) in [6.07, 6.45) is 4.02. The Morgan fingerprint density at radius 1 is 0.844 bits per heavy atom. The molecular weight excluding hydrogens is 442 g/mol. The molecule has 0 spiro atoms. The maximum Gasteiger partial charge on any atom is 0.243 e. The van der Waals surface area contributed by atoms with Crippen LogP contribution >= 0.6 is 11.6 Å². The second-order valence-electron chi connectivity index (χ2n) is 8.31. The molecule has 32 heavy (non-hydrogen) atoms. The predicted octanol–water partition coefficient (Wildman–Crippen LogP) is 6.10. The van der Waals surface area contributed by atoms with Gasteiger partial charge in [0, 0.05) is 30.1 Å². The van der Waals surface area contributed by atoms with Crippen LogP contribution in [0.3, 0.4) is 0 Å². The van der Waals surface area contributed by atoms with E-state index in [0.29, 0.717) is 17.0 Å². The van der Waals surface area contributed by atoms with Crippen molar-refractivity contribution in [3.05, 3.63) is 101 Å². The van der Waals surface area contributed by atoms with Crippen LogP contribution in [0.15, 0.2) is 83.8 Å². The molecule has 0 radical (unpaired) electrons. The Balaban J connectivity index is 1.54. The van der Waals surface area contributed by atoms with Gasteiger partial charge in [0.15, 0.2) is 5.78 Å². The molecule has 3 aromatic carbocycles. The third-order valence-electron chi connectivity index (χ3n) is 5.76. The molecule has 0 saturated heterocycles. The van der Waals surface area contributed by atoms with Crippen LogP contribution in [0.5, 0.6) is 0 Å². The van der Waals surface area contributed by atoms with Gasteiger partial charge in [0.2, 0.25) is 10.0 Å². The number of halogens is 1. The van der Waals surface area contributed by atoms with E-state index in [1.54, 1.807) is 24.3 Å². The second-order valence-corrected chi connectivity index (χ2v) is 10.7. The number of nitrogens with zero attached hydrogens (tertiary/aromatic N) is 1. The SMILES string of the molecule is O=C(CCC1CC1)c1ccc(CN(Cc2ccccc2)S(=O)(=O)c2ccc(Cl)cc2)cc1. The fraction of sp³-hybridized carbons (Fsp3) is 0.269. The lowest BCUT2D eigenvalue weighted by atomic mass is 10.0. The molecule has 0 bridgehead atoms. The van der Waals surface area contributed by atoms with E-state index in [9.17, 15) is 13.2 Å². The van der Waals surface area contributed by atoms with Crippen molar-refractivity contribution in [1.82, 2.24) is 4.31 Å². The van der Waals surface area contributed by atoms with Crippen molar-refractivity contribution >= 4 is 27.4 Å². The van der Waals surface area contributed by atoms with E-state index in [2.05, 4.69) is 0 Å². The normalized spacial score (nSPS) is 13.9. The maximum atomic E-state index is 13.4. The molecule has 0 aliphatic heterocycles. The van der Waals surface area contributed by atoms with Crippen molar-refractivity contribution in [1.29, 1.82) is 0 Å². The summed E-state index contributed by atoms with van der Waals surface area (Å²) in [6.45, 7) is 0.449. The number of hydrogen-bond donors (Lipinski definition) is 0. The lowest BCUT2D eigenvalue weighted by Crippen LogP contribution is -2.30. The van der Waals surface area contributed by atoms with Crippen LogP contribution in [0.25, 0.3) is 0 Å². The minimum absolute atomic E-state index is 0.151. The molecule has 6 heteroatoms. The number of benzene rings is 3. The summed E-state index contributed by atoms with van der Waals surface area (Å²) in [7, 11) is -3.74. The first-order valence-corrected chi connectivity index (χ1v) is 12.7. The zero-order valence-corrected chi connectivity index (χ0v) is 19.4. The summed E-state index contributed by atoms with van der Waals surface area (Å²) in [6, 6.07) is 23.0. The molecule has 1 saturated carbocycles. The van der Waals surface area contributed by atoms with Crippen LogP contribution in [-0.4, -0.2) is 18.5 Å². The zero-order chi connectivity index (χ0) is 22.6. The first-order valence-electron chi connectivity index (χ1n) is 10.8. The molecule has 1 aliphatic carbocycles. The van der Waals surface area contributed by atoms with Gasteiger partial charge in [-0.15, -0.1) is 0 Å². The Bertz CT molecular complexity index is 1160. The van der Waals surface area contributed by atoms with Crippen molar-refractivity contribution in [3.8, 4) is 0 Å². The molecule has 1 aliphatic rings. The van der Waals surface area contributed by atoms with E-state index in [-0.39, 0.29) is 23.8 Å². The third-order valence-corrected chi connectivity index (χ3v) is 7.82. The largest absolute Gasteiger partial charge is 0.294 e. The standard InChI is InChI=1S/C26H26ClNO3S/c27-24-13-15-25(16-14-24)32(30,31)28(18-21-4-2-1-3-5-21)19-22-8-11-23(12-9-22)26(29)17-10-20-6-7-20/h1-5,8-9,11-16,20H,6-7,10,17-19H2. The van der Waals surface area contributed by atoms with Crippen LogP contribution in [0, 0.1) is 5.92 Å². The van der Waals surface area contributed by atoms with Crippen LogP contribution < -0.4 is 0 Å². The highest BCUT2D eigenvalue weighted by atomic mass is 35.5. The maximum absolute atomic E-state index is 13.4. The smallest absolute Gasteiger partial charge is 0.243 e. The molecule has 166 valence electrons. The summed E-state index contributed by atoms with van der Waals surface area (Å²) < 4.78 is 28.3. The van der Waals surface area contributed by atoms with Crippen molar-refractivity contribution in [2.45, 2.75) is 43.7 Å². The van der Waals surface area contributed by atoms with Crippen molar-refractivity contribution in [2.75, 3.05) is 0 Å². The summed E-state index contributed by atoms with van der Waals surface area (Å²) in [5.41, 5.74) is 2.42. The van der Waals surface area contributed by atoms with E-state index in [1.165, 1.54) is 29.3 Å². The number of sulfonamides is 1. The van der Waals surface area contributed by atoms with Crippen LogP contribution in [0.4, 0.5) is 0 Å². The summed E-state index contributed by atoms with van der Waals surface area (Å²) in [5.74, 6) is 0.876. The monoisotopic (exact) mass is 467 g/mol. The summed E-state index contributed by atoms with van der Waals surface area (Å²) >= 11 is 5.95. The summed E-state index contributed by atoms with van der Waals surface area (Å²) in [5, 5.41) is 0.487. The molecule has 0 atom stereocenters. The minimum Gasteiger partial charge on any atom is -0.294 e. The lowest BCUT2D eigenvalue weighted by molar-refractivity contribution is 0.0978. The van der Waals surface area contributed by atoms with E-state index < -0.39 is 10.0 Å². The van der Waals surface area contributed by atoms with Gasteiger partial charge >= 0.3 is 0 Å². The molecule has 0 aromatic heterocycles. The molecule has 0 N–H and O–H groups in total. The fourth-order valence-electron chi connectivity index (χ4n) is 3.65. The van der Waals surface area contributed by atoms with Gasteiger partial charge in [-0.25, -0.2) is 8.42 Å². The summed E-state index contributed by atoms with van der Waals surface area (Å²) in [4.78, 5) is 12.6. The van der Waals surface area contributed by atoms with Gasteiger partial charge in [0.25, 0.3) is 0 Å². The first-order chi connectivity index (χ1) is 15.4. The Morgan fingerprint density at radius 3 is 2.03 bits per heavy atom. The molecule has 0 heterocycles. The van der Waals surface area contributed by atoms with Gasteiger partial charge in [-0.2, -0.15) is 4.31 Å². The lowest BCUT2D eigenvalue weighted by Gasteiger charge is -2.23. The van der Waals surface area contributed by atoms with Crippen molar-refractivity contribution in [2.24, 2.45) is 5.92 Å². The fourth-order valence-corrected chi connectivity index (χ4v) is 5.20. The first kappa shape index (κ1) is 22.7. The van der Waals surface area contributed by atoms with Gasteiger partial charge in [0.05, 0.1) is 4.90 Å². The zero-order valence-electron chi connectivity index (χ0n) is 17.8. The van der Waals surface area contributed by atoms with Gasteiger partial charge in [-0.05, 0) is 47.7 Å². The molecule has 3 aromatic rings. The van der Waals surface area contributed by atoms with Gasteiger partial charge in [-0.3, -0.25) is 4.79 Å². The molecule has 4 rings (SSSR count). The van der Waals surface area contributed by atoms with Crippen molar-refractivity contribution in [3.63, 3.8) is 0 Å². The Morgan fingerprint density at radius 2 is 1.44 bits per heavy atom. The molecular formula is C26H26ClNO3S. The Hall–Kier alpha value is -2.47. The molecule has 4 nitrogen and oxygen atoms in total. The number of ketones is 1. The number of hydrogen-bond acceptors (Lipinski definition) is 3. The van der Waals surface area contributed by atoms with Gasteiger partial charge < -0.3 is 0 Å². The van der Waals surface area contributed by atoms with Crippen LogP contribution in [0.2, 0.25) is 5.02 Å². The minimum atomic E-state index is -3.74. The molecule has 1 fully saturated rings. The molecule has 0 amide bonds. The van der Waals surface area contributed by atoms with Crippen LogP contribution in [-0.2, 0) is 23.1 Å². The van der Waals surface area contributed by atoms with E-state index in [4.69, 9.17) is 11.6 Å². The van der Waals surface area contributed by atoms with Crippen molar-refractivity contribution < 1.29 is 13.2 Å². The quantitative estimate of drug-likeness (QED) is 0.338. The molecule has 0 unspecified atom stereocenters. The highest BCUT2D eigenvalue weighted by Crippen LogP contribution is 2.34.